The van der Waals surface area contributed by atoms with Crippen molar-refractivity contribution < 1.29 is 23.5 Å². The fourth-order valence-corrected chi connectivity index (χ4v) is 2.68. The third-order valence-electron chi connectivity index (χ3n) is 4.39. The van der Waals surface area contributed by atoms with Crippen LogP contribution in [0.15, 0.2) is 59.0 Å². The smallest absolute Gasteiger partial charge is 0.326 e. The normalized spacial score (nSPS) is 11.5. The summed E-state index contributed by atoms with van der Waals surface area (Å²) < 4.78 is 16.4. The molecule has 0 unspecified atom stereocenters. The molecule has 3 rings (SSSR count). The summed E-state index contributed by atoms with van der Waals surface area (Å²) in [6.45, 7) is 4.07. The molecule has 0 spiro atoms. The summed E-state index contributed by atoms with van der Waals surface area (Å²) in [7, 11) is 0. The van der Waals surface area contributed by atoms with Gasteiger partial charge in [0.2, 0.25) is 5.89 Å². The first-order chi connectivity index (χ1) is 15.1. The lowest BCUT2D eigenvalue weighted by Gasteiger charge is -2.10. The second-order valence-electron chi connectivity index (χ2n) is 6.85. The minimum absolute atomic E-state index is 0.178. The molecule has 1 aromatic heterocycles. The second kappa shape index (κ2) is 10.9. The molecule has 8 heteroatoms. The molecule has 1 heterocycles. The van der Waals surface area contributed by atoms with Gasteiger partial charge in [-0.1, -0.05) is 31.5 Å². The first-order valence-corrected chi connectivity index (χ1v) is 10.2. The number of nitrogens with one attached hydrogen (secondary N) is 1. The monoisotopic (exact) mass is 423 g/mol. The predicted molar refractivity (Wildman–Crippen MR) is 113 cm³/mol. The van der Waals surface area contributed by atoms with Crippen LogP contribution in [0.1, 0.15) is 49.0 Å². The molecule has 2 aromatic carbocycles. The topological polar surface area (TPSA) is 104 Å². The van der Waals surface area contributed by atoms with Crippen LogP contribution in [0.5, 0.6) is 5.75 Å². The molecular weight excluding hydrogens is 398 g/mol. The number of hydrogen-bond donors (Lipinski definition) is 1. The standard InChI is InChI=1S/C23H25N3O5/c1-3-4-14-29-19-12-10-17(11-13-19)21(28)24-15-20(27)30-16(2)22-25-26-23(31-22)18-8-6-5-7-9-18/h5-13,16H,3-4,14-15H2,1-2H3,(H,24,28)/t16-/m1/s1. The molecule has 0 fully saturated rings. The first-order valence-electron chi connectivity index (χ1n) is 10.2. The number of esters is 1. The van der Waals surface area contributed by atoms with Gasteiger partial charge in [-0.05, 0) is 49.7 Å². The molecule has 0 aliphatic heterocycles. The Hall–Kier alpha value is -3.68. The maximum atomic E-state index is 12.2. The fraction of sp³-hybridized carbons (Fsp3) is 0.304. The van der Waals surface area contributed by atoms with E-state index in [1.54, 1.807) is 31.2 Å². The summed E-state index contributed by atoms with van der Waals surface area (Å²) in [5.74, 6) is 0.229. The van der Waals surface area contributed by atoms with Gasteiger partial charge in [0.05, 0.1) is 6.61 Å². The highest BCUT2D eigenvalue weighted by atomic mass is 16.6. The van der Waals surface area contributed by atoms with Crippen molar-refractivity contribution in [3.63, 3.8) is 0 Å². The summed E-state index contributed by atoms with van der Waals surface area (Å²) in [5, 5.41) is 10.4. The van der Waals surface area contributed by atoms with Crippen molar-refractivity contribution in [3.05, 3.63) is 66.1 Å². The minimum Gasteiger partial charge on any atom is -0.494 e. The van der Waals surface area contributed by atoms with Gasteiger partial charge in [0.25, 0.3) is 11.8 Å². The molecule has 1 N–H and O–H groups in total. The Balaban J connectivity index is 1.46. The fourth-order valence-electron chi connectivity index (χ4n) is 2.68. The Morgan fingerprint density at radius 3 is 2.52 bits per heavy atom. The highest BCUT2D eigenvalue weighted by Gasteiger charge is 2.19. The molecule has 162 valence electrons. The zero-order valence-electron chi connectivity index (χ0n) is 17.5. The number of rotatable bonds is 10. The van der Waals surface area contributed by atoms with Gasteiger partial charge in [-0.3, -0.25) is 9.59 Å². The average Bonchev–Trinajstić information content (AvgIpc) is 3.29. The lowest BCUT2D eigenvalue weighted by Crippen LogP contribution is -2.31. The molecule has 3 aromatic rings. The predicted octanol–water partition coefficient (Wildman–Crippen LogP) is 3.95. The Labute approximate surface area is 180 Å². The van der Waals surface area contributed by atoms with Crippen molar-refractivity contribution in [3.8, 4) is 17.2 Å². The number of ether oxygens (including phenoxy) is 2. The summed E-state index contributed by atoms with van der Waals surface area (Å²) in [4.78, 5) is 24.3. The average molecular weight is 423 g/mol. The summed E-state index contributed by atoms with van der Waals surface area (Å²) in [5.41, 5.74) is 1.20. The second-order valence-corrected chi connectivity index (χ2v) is 6.85. The molecule has 8 nitrogen and oxygen atoms in total. The van der Waals surface area contributed by atoms with E-state index in [1.807, 2.05) is 30.3 Å². The van der Waals surface area contributed by atoms with Crippen molar-refractivity contribution >= 4 is 11.9 Å². The maximum Gasteiger partial charge on any atom is 0.326 e. The Morgan fingerprint density at radius 2 is 1.81 bits per heavy atom. The molecule has 0 radical (unpaired) electrons. The van der Waals surface area contributed by atoms with Crippen molar-refractivity contribution in [2.45, 2.75) is 32.8 Å². The van der Waals surface area contributed by atoms with Gasteiger partial charge in [0.1, 0.15) is 12.3 Å². The van der Waals surface area contributed by atoms with E-state index in [2.05, 4.69) is 22.4 Å². The van der Waals surface area contributed by atoms with E-state index >= 15 is 0 Å². The van der Waals surface area contributed by atoms with Crippen LogP contribution in [-0.4, -0.2) is 35.2 Å². The molecule has 0 saturated carbocycles. The van der Waals surface area contributed by atoms with E-state index in [0.29, 0.717) is 23.8 Å². The number of carbonyl (C=O) groups excluding carboxylic acids is 2. The van der Waals surface area contributed by atoms with Crippen LogP contribution in [-0.2, 0) is 9.53 Å². The molecule has 0 bridgehead atoms. The van der Waals surface area contributed by atoms with Gasteiger partial charge >= 0.3 is 5.97 Å². The Morgan fingerprint density at radius 1 is 1.06 bits per heavy atom. The van der Waals surface area contributed by atoms with E-state index in [0.717, 1.165) is 18.4 Å². The van der Waals surface area contributed by atoms with Crippen molar-refractivity contribution in [1.82, 2.24) is 15.5 Å². The minimum atomic E-state index is -0.742. The lowest BCUT2D eigenvalue weighted by molar-refractivity contribution is -0.148. The zero-order valence-corrected chi connectivity index (χ0v) is 17.5. The van der Waals surface area contributed by atoms with Gasteiger partial charge in [-0.25, -0.2) is 0 Å². The third kappa shape index (κ3) is 6.40. The number of carbonyl (C=O) groups is 2. The summed E-state index contributed by atoms with van der Waals surface area (Å²) >= 11 is 0. The molecule has 1 atom stereocenters. The number of nitrogens with zero attached hydrogens (tertiary/aromatic N) is 2. The SMILES string of the molecule is CCCCOc1ccc(C(=O)NCC(=O)O[C@H](C)c2nnc(-c3ccccc3)o2)cc1. The van der Waals surface area contributed by atoms with Gasteiger partial charge in [0.15, 0.2) is 6.10 Å². The van der Waals surface area contributed by atoms with Gasteiger partial charge in [-0.15, -0.1) is 10.2 Å². The van der Waals surface area contributed by atoms with E-state index in [1.165, 1.54) is 0 Å². The molecule has 0 aliphatic rings. The highest BCUT2D eigenvalue weighted by Crippen LogP contribution is 2.22. The molecular formula is C23H25N3O5. The van der Waals surface area contributed by atoms with Crippen LogP contribution in [0, 0.1) is 0 Å². The van der Waals surface area contributed by atoms with Crippen molar-refractivity contribution in [2.75, 3.05) is 13.2 Å². The summed E-state index contributed by atoms with van der Waals surface area (Å²) in [6, 6.07) is 16.0. The largest absolute Gasteiger partial charge is 0.494 e. The van der Waals surface area contributed by atoms with Gasteiger partial charge < -0.3 is 19.2 Å². The van der Waals surface area contributed by atoms with Crippen molar-refractivity contribution in [2.24, 2.45) is 0 Å². The number of benzene rings is 2. The third-order valence-corrected chi connectivity index (χ3v) is 4.39. The van der Waals surface area contributed by atoms with Crippen molar-refractivity contribution in [1.29, 1.82) is 0 Å². The molecule has 31 heavy (non-hydrogen) atoms. The highest BCUT2D eigenvalue weighted by molar-refractivity contribution is 5.96. The van der Waals surface area contributed by atoms with Crippen LogP contribution < -0.4 is 10.1 Å². The number of unbranched alkanes of at least 4 members (excludes halogenated alkanes) is 1. The van der Waals surface area contributed by atoms with E-state index < -0.39 is 12.1 Å². The van der Waals surface area contributed by atoms with Crippen LogP contribution in [0.25, 0.3) is 11.5 Å². The Kier molecular flexibility index (Phi) is 7.75. The zero-order chi connectivity index (χ0) is 22.1. The Bertz CT molecular complexity index is 986. The van der Waals surface area contributed by atoms with Gasteiger partial charge in [-0.2, -0.15) is 0 Å². The summed E-state index contributed by atoms with van der Waals surface area (Å²) in [6.07, 6.45) is 1.28. The van der Waals surface area contributed by atoms with Crippen LogP contribution in [0.3, 0.4) is 0 Å². The number of aromatic nitrogens is 2. The number of amides is 1. The molecule has 0 aliphatic carbocycles. The van der Waals surface area contributed by atoms with Gasteiger partial charge in [0, 0.05) is 11.1 Å². The van der Waals surface area contributed by atoms with E-state index in [-0.39, 0.29) is 18.3 Å². The van der Waals surface area contributed by atoms with Crippen LogP contribution in [0.2, 0.25) is 0 Å². The first kappa shape index (κ1) is 22.0. The van der Waals surface area contributed by atoms with E-state index in [4.69, 9.17) is 13.9 Å². The van der Waals surface area contributed by atoms with Crippen LogP contribution >= 0.6 is 0 Å². The lowest BCUT2D eigenvalue weighted by atomic mass is 10.2. The van der Waals surface area contributed by atoms with Crippen LogP contribution in [0.4, 0.5) is 0 Å². The molecule has 1 amide bonds. The maximum absolute atomic E-state index is 12.2. The molecule has 0 saturated heterocycles. The quantitative estimate of drug-likeness (QED) is 0.389. The number of hydrogen-bond acceptors (Lipinski definition) is 7. The van der Waals surface area contributed by atoms with E-state index in [9.17, 15) is 9.59 Å².